The number of nitro groups is 1. The molecule has 1 aromatic carbocycles. The number of hydrogen-bond donors (Lipinski definition) is 2. The maximum Gasteiger partial charge on any atom is 0.293 e. The average molecular weight is 294 g/mol. The van der Waals surface area contributed by atoms with E-state index in [-0.39, 0.29) is 28.7 Å². The van der Waals surface area contributed by atoms with Gasteiger partial charge < -0.3 is 5.32 Å². The van der Waals surface area contributed by atoms with Crippen molar-refractivity contribution in [3.8, 4) is 0 Å². The number of sulfonamides is 1. The van der Waals surface area contributed by atoms with E-state index in [4.69, 9.17) is 11.6 Å². The van der Waals surface area contributed by atoms with Crippen molar-refractivity contribution < 1.29 is 13.3 Å². The van der Waals surface area contributed by atoms with Crippen LogP contribution in [-0.2, 0) is 10.0 Å². The Morgan fingerprint density at radius 3 is 2.67 bits per heavy atom. The van der Waals surface area contributed by atoms with Gasteiger partial charge in [0.25, 0.3) is 5.69 Å². The van der Waals surface area contributed by atoms with Crippen molar-refractivity contribution in [1.82, 2.24) is 4.72 Å². The van der Waals surface area contributed by atoms with E-state index < -0.39 is 14.9 Å². The van der Waals surface area contributed by atoms with Crippen LogP contribution in [0.1, 0.15) is 0 Å². The molecule has 0 fully saturated rings. The van der Waals surface area contributed by atoms with E-state index in [1.54, 1.807) is 0 Å². The lowest BCUT2D eigenvalue weighted by atomic mass is 10.2. The molecule has 1 aromatic rings. The molecule has 7 nitrogen and oxygen atoms in total. The van der Waals surface area contributed by atoms with E-state index in [9.17, 15) is 18.5 Å². The van der Waals surface area contributed by atoms with Crippen molar-refractivity contribution in [2.75, 3.05) is 24.7 Å². The maximum atomic E-state index is 11.2. The predicted octanol–water partition coefficient (Wildman–Crippen LogP) is 1.21. The first-order valence-corrected chi connectivity index (χ1v) is 6.98. The molecule has 1 rings (SSSR count). The highest BCUT2D eigenvalue weighted by molar-refractivity contribution is 7.89. The highest BCUT2D eigenvalue weighted by atomic mass is 35.5. The van der Waals surface area contributed by atoms with Gasteiger partial charge in [-0.15, -0.1) is 0 Å². The monoisotopic (exact) mass is 293 g/mol. The summed E-state index contributed by atoms with van der Waals surface area (Å²) in [5.74, 6) is -0.177. The smallest absolute Gasteiger partial charge is 0.293 e. The fourth-order valence-electron chi connectivity index (χ4n) is 1.23. The molecule has 18 heavy (non-hydrogen) atoms. The zero-order valence-electron chi connectivity index (χ0n) is 9.51. The number of nitrogens with zero attached hydrogens (tertiary/aromatic N) is 1. The second-order valence-corrected chi connectivity index (χ2v) is 5.85. The molecule has 0 aliphatic rings. The number of benzene rings is 1. The van der Waals surface area contributed by atoms with Gasteiger partial charge in [0.1, 0.15) is 5.69 Å². The molecule has 0 aromatic heterocycles. The lowest BCUT2D eigenvalue weighted by Crippen LogP contribution is -2.26. The number of halogens is 1. The number of rotatable bonds is 6. The topological polar surface area (TPSA) is 101 Å². The summed E-state index contributed by atoms with van der Waals surface area (Å²) in [4.78, 5) is 10.2. The molecule has 0 atom stereocenters. The molecule has 2 N–H and O–H groups in total. The van der Waals surface area contributed by atoms with Crippen molar-refractivity contribution in [2.45, 2.75) is 0 Å². The molecule has 0 heterocycles. The Bertz CT molecular complexity index is 547. The molecule has 0 aliphatic carbocycles. The first-order valence-electron chi connectivity index (χ1n) is 4.95. The van der Waals surface area contributed by atoms with Crippen molar-refractivity contribution in [3.63, 3.8) is 0 Å². The molecule has 9 heteroatoms. The molecule has 0 unspecified atom stereocenters. The number of anilines is 1. The van der Waals surface area contributed by atoms with E-state index in [1.165, 1.54) is 25.2 Å². The summed E-state index contributed by atoms with van der Waals surface area (Å²) in [5.41, 5.74) is 0.0417. The van der Waals surface area contributed by atoms with Crippen molar-refractivity contribution in [3.05, 3.63) is 33.3 Å². The molecule has 0 spiro atoms. The SMILES string of the molecule is CNS(=O)(=O)CCNc1ccc(Cl)cc1[N+](=O)[O-]. The van der Waals surface area contributed by atoms with Gasteiger partial charge in [-0.1, -0.05) is 11.6 Å². The van der Waals surface area contributed by atoms with Crippen molar-refractivity contribution >= 4 is 33.0 Å². The van der Waals surface area contributed by atoms with Gasteiger partial charge in [0.05, 0.1) is 10.7 Å². The quantitative estimate of drug-likeness (QED) is 0.606. The third-order valence-corrected chi connectivity index (χ3v) is 3.75. The fourth-order valence-corrected chi connectivity index (χ4v) is 1.97. The van der Waals surface area contributed by atoms with Crippen molar-refractivity contribution in [2.24, 2.45) is 0 Å². The number of nitrogens with one attached hydrogen (secondary N) is 2. The Morgan fingerprint density at radius 2 is 2.11 bits per heavy atom. The van der Waals surface area contributed by atoms with E-state index in [2.05, 4.69) is 10.0 Å². The van der Waals surface area contributed by atoms with Crippen LogP contribution in [0.5, 0.6) is 0 Å². The van der Waals surface area contributed by atoms with Gasteiger partial charge in [0, 0.05) is 17.6 Å². The van der Waals surface area contributed by atoms with Crippen LogP contribution < -0.4 is 10.0 Å². The fraction of sp³-hybridized carbons (Fsp3) is 0.333. The maximum absolute atomic E-state index is 11.2. The molecule has 0 amide bonds. The highest BCUT2D eigenvalue weighted by Gasteiger charge is 2.14. The van der Waals surface area contributed by atoms with E-state index in [0.717, 1.165) is 0 Å². The third-order valence-electron chi connectivity index (χ3n) is 2.15. The van der Waals surface area contributed by atoms with Crippen LogP contribution in [0.25, 0.3) is 0 Å². The minimum atomic E-state index is -3.34. The van der Waals surface area contributed by atoms with Crippen LogP contribution >= 0.6 is 11.6 Å². The molecular weight excluding hydrogens is 282 g/mol. The largest absolute Gasteiger partial charge is 0.378 e. The normalized spacial score (nSPS) is 11.2. The summed E-state index contributed by atoms with van der Waals surface area (Å²) in [7, 11) is -2.03. The summed E-state index contributed by atoms with van der Waals surface area (Å²) in [6, 6.07) is 4.13. The van der Waals surface area contributed by atoms with Crippen LogP contribution in [-0.4, -0.2) is 32.7 Å². The molecule has 0 saturated heterocycles. The van der Waals surface area contributed by atoms with Crippen LogP contribution in [0.2, 0.25) is 5.02 Å². The molecule has 0 aliphatic heterocycles. The van der Waals surface area contributed by atoms with Gasteiger partial charge in [-0.2, -0.15) is 0 Å². The third kappa shape index (κ3) is 4.13. The van der Waals surface area contributed by atoms with Gasteiger partial charge in [-0.05, 0) is 19.2 Å². The summed E-state index contributed by atoms with van der Waals surface area (Å²) in [6.45, 7) is 0.0612. The summed E-state index contributed by atoms with van der Waals surface area (Å²) < 4.78 is 24.5. The second-order valence-electron chi connectivity index (χ2n) is 3.37. The average Bonchev–Trinajstić information content (AvgIpc) is 2.30. The molecular formula is C9H12ClN3O4S. The number of nitro benzene ring substituents is 1. The van der Waals surface area contributed by atoms with Crippen LogP contribution in [0, 0.1) is 10.1 Å². The second kappa shape index (κ2) is 5.98. The Labute approximate surface area is 109 Å². The van der Waals surface area contributed by atoms with Gasteiger partial charge >= 0.3 is 0 Å². The number of hydrogen-bond acceptors (Lipinski definition) is 5. The first kappa shape index (κ1) is 14.7. The molecule has 0 bridgehead atoms. The zero-order valence-corrected chi connectivity index (χ0v) is 11.1. The van der Waals surface area contributed by atoms with Gasteiger partial charge in [-0.25, -0.2) is 13.1 Å². The van der Waals surface area contributed by atoms with Gasteiger partial charge in [-0.3, -0.25) is 10.1 Å². The van der Waals surface area contributed by atoms with Crippen molar-refractivity contribution in [1.29, 1.82) is 0 Å². The van der Waals surface area contributed by atoms with E-state index in [1.807, 2.05) is 0 Å². The summed E-state index contributed by atoms with van der Waals surface area (Å²) in [6.07, 6.45) is 0. The minimum Gasteiger partial charge on any atom is -0.378 e. The van der Waals surface area contributed by atoms with Gasteiger partial charge in [0.15, 0.2) is 0 Å². The Kier molecular flexibility index (Phi) is 4.88. The van der Waals surface area contributed by atoms with E-state index >= 15 is 0 Å². The Morgan fingerprint density at radius 1 is 1.44 bits per heavy atom. The van der Waals surface area contributed by atoms with E-state index in [0.29, 0.717) is 0 Å². The first-order chi connectivity index (χ1) is 8.35. The molecule has 0 saturated carbocycles. The lowest BCUT2D eigenvalue weighted by Gasteiger charge is -2.07. The summed E-state index contributed by atoms with van der Waals surface area (Å²) >= 11 is 5.65. The summed E-state index contributed by atoms with van der Waals surface area (Å²) in [5, 5.41) is 13.7. The van der Waals surface area contributed by atoms with Crippen LogP contribution in [0.15, 0.2) is 18.2 Å². The molecule has 100 valence electrons. The lowest BCUT2D eigenvalue weighted by molar-refractivity contribution is -0.383. The van der Waals surface area contributed by atoms with Gasteiger partial charge in [0.2, 0.25) is 10.0 Å². The highest BCUT2D eigenvalue weighted by Crippen LogP contribution is 2.27. The molecule has 0 radical (unpaired) electrons. The van der Waals surface area contributed by atoms with Crippen LogP contribution in [0.4, 0.5) is 11.4 Å². The Hall–Kier alpha value is -1.38. The minimum absolute atomic E-state index is 0.0612. The Balaban J connectivity index is 2.77. The zero-order chi connectivity index (χ0) is 13.8. The van der Waals surface area contributed by atoms with Crippen LogP contribution in [0.3, 0.4) is 0 Å². The predicted molar refractivity (Wildman–Crippen MR) is 69.4 cm³/mol. The standard InChI is InChI=1S/C9H12ClN3O4S/c1-11-18(16,17)5-4-12-8-3-2-7(10)6-9(8)13(14)15/h2-3,6,11-12H,4-5H2,1H3.